The summed E-state index contributed by atoms with van der Waals surface area (Å²) in [4.78, 5) is 13.2. The number of rotatable bonds is 7. The number of methoxy groups -OCH3 is 1. The minimum Gasteiger partial charge on any atom is -0.497 e. The summed E-state index contributed by atoms with van der Waals surface area (Å²) in [6.07, 6.45) is 3.07. The van der Waals surface area contributed by atoms with Gasteiger partial charge in [0.05, 0.1) is 7.11 Å². The number of ether oxygens (including phenoxy) is 2. The van der Waals surface area contributed by atoms with E-state index >= 15 is 0 Å². The summed E-state index contributed by atoms with van der Waals surface area (Å²) in [6, 6.07) is 14.1. The second kappa shape index (κ2) is 8.13. The Labute approximate surface area is 154 Å². The van der Waals surface area contributed by atoms with E-state index in [4.69, 9.17) is 14.6 Å². The standard InChI is InChI=1S/C21H25NO4/c1-15-14-19(25-2)10-11-20(15)26-18-8-5-17(6-9-18)22-13-3-4-16(22)7-12-21(23)24/h5-6,8-11,14,16H,3-4,7,12-13H2,1-2H3,(H,23,24). The third-order valence-corrected chi connectivity index (χ3v) is 4.85. The molecule has 0 radical (unpaired) electrons. The molecule has 0 bridgehead atoms. The van der Waals surface area contributed by atoms with Crippen LogP contribution in [0.3, 0.4) is 0 Å². The molecule has 0 aromatic heterocycles. The number of anilines is 1. The maximum atomic E-state index is 10.8. The monoisotopic (exact) mass is 355 g/mol. The van der Waals surface area contributed by atoms with E-state index in [1.165, 1.54) is 0 Å². The quantitative estimate of drug-likeness (QED) is 0.785. The van der Waals surface area contributed by atoms with Gasteiger partial charge in [0.25, 0.3) is 0 Å². The fourth-order valence-electron chi connectivity index (χ4n) is 3.46. The number of benzene rings is 2. The van der Waals surface area contributed by atoms with Gasteiger partial charge in [0.1, 0.15) is 17.2 Å². The lowest BCUT2D eigenvalue weighted by Crippen LogP contribution is -2.29. The lowest BCUT2D eigenvalue weighted by molar-refractivity contribution is -0.137. The Morgan fingerprint density at radius 1 is 1.19 bits per heavy atom. The molecule has 5 heteroatoms. The Bertz CT molecular complexity index is 757. The number of aryl methyl sites for hydroxylation is 1. The molecule has 5 nitrogen and oxygen atoms in total. The normalized spacial score (nSPS) is 16.5. The minimum absolute atomic E-state index is 0.221. The Morgan fingerprint density at radius 3 is 2.58 bits per heavy atom. The summed E-state index contributed by atoms with van der Waals surface area (Å²) in [5.74, 6) is 1.67. The van der Waals surface area contributed by atoms with Crippen LogP contribution in [0.2, 0.25) is 0 Å². The van der Waals surface area contributed by atoms with Crippen LogP contribution < -0.4 is 14.4 Å². The maximum Gasteiger partial charge on any atom is 0.303 e. The van der Waals surface area contributed by atoms with Crippen molar-refractivity contribution in [1.82, 2.24) is 0 Å². The molecule has 1 aliphatic rings. The van der Waals surface area contributed by atoms with E-state index in [2.05, 4.69) is 4.90 Å². The Kier molecular flexibility index (Phi) is 5.66. The maximum absolute atomic E-state index is 10.8. The van der Waals surface area contributed by atoms with Crippen molar-refractivity contribution < 1.29 is 19.4 Å². The van der Waals surface area contributed by atoms with Gasteiger partial charge < -0.3 is 19.5 Å². The van der Waals surface area contributed by atoms with Gasteiger partial charge in [0, 0.05) is 24.7 Å². The summed E-state index contributed by atoms with van der Waals surface area (Å²) in [7, 11) is 1.65. The van der Waals surface area contributed by atoms with Crippen LogP contribution in [0, 0.1) is 6.92 Å². The summed E-state index contributed by atoms with van der Waals surface area (Å²) < 4.78 is 11.2. The number of hydrogen-bond acceptors (Lipinski definition) is 4. The average Bonchev–Trinajstić information content (AvgIpc) is 3.11. The SMILES string of the molecule is COc1ccc(Oc2ccc(N3CCCC3CCC(=O)O)cc2)c(C)c1. The molecule has 26 heavy (non-hydrogen) atoms. The van der Waals surface area contributed by atoms with Crippen LogP contribution in [0.5, 0.6) is 17.2 Å². The first-order chi connectivity index (χ1) is 12.6. The molecule has 1 aliphatic heterocycles. The predicted octanol–water partition coefficient (Wildman–Crippen LogP) is 4.63. The highest BCUT2D eigenvalue weighted by molar-refractivity contribution is 5.66. The topological polar surface area (TPSA) is 59.0 Å². The van der Waals surface area contributed by atoms with Crippen molar-refractivity contribution in [2.75, 3.05) is 18.6 Å². The van der Waals surface area contributed by atoms with E-state index < -0.39 is 5.97 Å². The summed E-state index contributed by atoms with van der Waals surface area (Å²) >= 11 is 0. The molecular formula is C21H25NO4. The smallest absolute Gasteiger partial charge is 0.303 e. The van der Waals surface area contributed by atoms with Gasteiger partial charge in [-0.2, -0.15) is 0 Å². The van der Waals surface area contributed by atoms with Gasteiger partial charge in [-0.1, -0.05) is 0 Å². The molecule has 0 saturated carbocycles. The van der Waals surface area contributed by atoms with E-state index in [0.29, 0.717) is 12.5 Å². The molecule has 1 N–H and O–H groups in total. The van der Waals surface area contributed by atoms with Crippen molar-refractivity contribution in [2.45, 2.75) is 38.6 Å². The van der Waals surface area contributed by atoms with E-state index in [-0.39, 0.29) is 6.42 Å². The van der Waals surface area contributed by atoms with Gasteiger partial charge in [-0.15, -0.1) is 0 Å². The van der Waals surface area contributed by atoms with Crippen LogP contribution in [-0.2, 0) is 4.79 Å². The first-order valence-electron chi connectivity index (χ1n) is 8.98. The van der Waals surface area contributed by atoms with E-state index in [1.807, 2.05) is 49.4 Å². The molecule has 2 aromatic carbocycles. The lowest BCUT2D eigenvalue weighted by atomic mass is 10.1. The molecule has 1 unspecified atom stereocenters. The molecular weight excluding hydrogens is 330 g/mol. The van der Waals surface area contributed by atoms with Gasteiger partial charge >= 0.3 is 5.97 Å². The van der Waals surface area contributed by atoms with Crippen molar-refractivity contribution in [3.8, 4) is 17.2 Å². The highest BCUT2D eigenvalue weighted by Crippen LogP contribution is 2.32. The highest BCUT2D eigenvalue weighted by atomic mass is 16.5. The fraction of sp³-hybridized carbons (Fsp3) is 0.381. The largest absolute Gasteiger partial charge is 0.497 e. The molecule has 1 atom stereocenters. The van der Waals surface area contributed by atoms with E-state index in [0.717, 1.165) is 47.9 Å². The van der Waals surface area contributed by atoms with Gasteiger partial charge in [-0.3, -0.25) is 4.79 Å². The molecule has 138 valence electrons. The highest BCUT2D eigenvalue weighted by Gasteiger charge is 2.25. The number of carbonyl (C=O) groups is 1. The van der Waals surface area contributed by atoms with Crippen LogP contribution in [0.1, 0.15) is 31.2 Å². The minimum atomic E-state index is -0.726. The van der Waals surface area contributed by atoms with Crippen LogP contribution in [0.15, 0.2) is 42.5 Å². The summed E-state index contributed by atoms with van der Waals surface area (Å²) in [6.45, 7) is 2.96. The third kappa shape index (κ3) is 4.28. The Hall–Kier alpha value is -2.69. The van der Waals surface area contributed by atoms with Crippen molar-refractivity contribution in [3.63, 3.8) is 0 Å². The Balaban J connectivity index is 1.67. The van der Waals surface area contributed by atoms with Crippen LogP contribution in [0.25, 0.3) is 0 Å². The van der Waals surface area contributed by atoms with Crippen molar-refractivity contribution in [1.29, 1.82) is 0 Å². The number of nitrogens with zero attached hydrogens (tertiary/aromatic N) is 1. The first kappa shape index (κ1) is 18.1. The Morgan fingerprint density at radius 2 is 1.92 bits per heavy atom. The predicted molar refractivity (Wildman–Crippen MR) is 101 cm³/mol. The third-order valence-electron chi connectivity index (χ3n) is 4.85. The van der Waals surface area contributed by atoms with E-state index in [9.17, 15) is 4.79 Å². The van der Waals surface area contributed by atoms with Gasteiger partial charge in [0.2, 0.25) is 0 Å². The average molecular weight is 355 g/mol. The molecule has 2 aromatic rings. The number of carboxylic acids is 1. The molecule has 1 heterocycles. The van der Waals surface area contributed by atoms with Crippen LogP contribution >= 0.6 is 0 Å². The molecule has 3 rings (SSSR count). The number of aliphatic carboxylic acids is 1. The van der Waals surface area contributed by atoms with Crippen LogP contribution in [0.4, 0.5) is 5.69 Å². The second-order valence-corrected chi connectivity index (χ2v) is 6.65. The zero-order valence-electron chi connectivity index (χ0n) is 15.3. The summed E-state index contributed by atoms with van der Waals surface area (Å²) in [5, 5.41) is 8.92. The molecule has 1 saturated heterocycles. The second-order valence-electron chi connectivity index (χ2n) is 6.65. The van der Waals surface area contributed by atoms with Crippen LogP contribution in [-0.4, -0.2) is 30.8 Å². The molecule has 0 aliphatic carbocycles. The van der Waals surface area contributed by atoms with Gasteiger partial charge in [-0.05, 0) is 74.2 Å². The van der Waals surface area contributed by atoms with Crippen molar-refractivity contribution in [3.05, 3.63) is 48.0 Å². The molecule has 0 spiro atoms. The van der Waals surface area contributed by atoms with Gasteiger partial charge in [-0.25, -0.2) is 0 Å². The number of carboxylic acid groups (broad SMARTS) is 1. The first-order valence-corrected chi connectivity index (χ1v) is 8.98. The zero-order valence-corrected chi connectivity index (χ0v) is 15.3. The van der Waals surface area contributed by atoms with Crippen molar-refractivity contribution in [2.24, 2.45) is 0 Å². The zero-order chi connectivity index (χ0) is 18.5. The lowest BCUT2D eigenvalue weighted by Gasteiger charge is -2.26. The van der Waals surface area contributed by atoms with E-state index in [1.54, 1.807) is 7.11 Å². The number of hydrogen-bond donors (Lipinski definition) is 1. The molecule has 0 amide bonds. The van der Waals surface area contributed by atoms with Gasteiger partial charge in [0.15, 0.2) is 0 Å². The summed E-state index contributed by atoms with van der Waals surface area (Å²) in [5.41, 5.74) is 2.14. The van der Waals surface area contributed by atoms with Crippen molar-refractivity contribution >= 4 is 11.7 Å². The fourth-order valence-corrected chi connectivity index (χ4v) is 3.46. The molecule has 1 fully saturated rings.